The van der Waals surface area contributed by atoms with Crippen molar-refractivity contribution < 1.29 is 10.2 Å². The van der Waals surface area contributed by atoms with Gasteiger partial charge in [-0.1, -0.05) is 104 Å². The molecule has 0 fully saturated rings. The lowest BCUT2D eigenvalue weighted by molar-refractivity contribution is 0.475. The van der Waals surface area contributed by atoms with Crippen molar-refractivity contribution in [1.82, 2.24) is 0 Å². The smallest absolute Gasteiger partial charge is 0.123 e. The van der Waals surface area contributed by atoms with Crippen LogP contribution in [0.15, 0.2) is 121 Å². The molecule has 0 spiro atoms. The van der Waals surface area contributed by atoms with E-state index in [0.717, 1.165) is 39.8 Å². The van der Waals surface area contributed by atoms with E-state index in [0.29, 0.717) is 0 Å². The maximum atomic E-state index is 10.8. The van der Waals surface area contributed by atoms with Crippen molar-refractivity contribution in [3.05, 3.63) is 144 Å². The summed E-state index contributed by atoms with van der Waals surface area (Å²) in [6, 6.07) is 40.4. The van der Waals surface area contributed by atoms with Gasteiger partial charge in [0.05, 0.1) is 0 Å². The van der Waals surface area contributed by atoms with Crippen LogP contribution < -0.4 is 0 Å². The van der Waals surface area contributed by atoms with Gasteiger partial charge in [0.25, 0.3) is 0 Å². The third-order valence-electron chi connectivity index (χ3n) is 7.28. The van der Waals surface area contributed by atoms with E-state index in [-0.39, 0.29) is 11.5 Å². The Morgan fingerprint density at radius 3 is 1.44 bits per heavy atom. The van der Waals surface area contributed by atoms with Crippen molar-refractivity contribution in [2.75, 3.05) is 0 Å². The second-order valence-electron chi connectivity index (χ2n) is 9.27. The van der Waals surface area contributed by atoms with E-state index in [1.54, 1.807) is 12.1 Å². The summed E-state index contributed by atoms with van der Waals surface area (Å²) in [6.45, 7) is 4.35. The molecule has 0 aliphatic heterocycles. The Kier molecular flexibility index (Phi) is 6.35. The average molecular weight is 471 g/mol. The minimum Gasteiger partial charge on any atom is -0.507 e. The van der Waals surface area contributed by atoms with Crippen LogP contribution in [-0.4, -0.2) is 10.2 Å². The summed E-state index contributed by atoms with van der Waals surface area (Å²) in [7, 11) is 0. The normalized spacial score (nSPS) is 11.4. The van der Waals surface area contributed by atoms with Gasteiger partial charge in [-0.15, -0.1) is 0 Å². The fourth-order valence-corrected chi connectivity index (χ4v) is 5.43. The molecule has 2 N–H and O–H groups in total. The third-order valence-corrected chi connectivity index (χ3v) is 7.28. The zero-order chi connectivity index (χ0) is 25.1. The molecule has 2 nitrogen and oxygen atoms in total. The van der Waals surface area contributed by atoms with Gasteiger partial charge in [-0.25, -0.2) is 0 Å². The van der Waals surface area contributed by atoms with Crippen LogP contribution in [0.2, 0.25) is 0 Å². The highest BCUT2D eigenvalue weighted by Crippen LogP contribution is 2.47. The standard InChI is InChI=1S/C34H30O2/c1-3-34(31-17-11-10-12-24(31)2,27-18-20-32(35)29(22-27)25-13-6-4-7-14-25)28-19-21-33(36)30(23-28)26-15-8-5-9-16-26/h4-23,35-36H,3H2,1-2H3. The molecule has 0 aliphatic carbocycles. The molecule has 0 bridgehead atoms. The molecular weight excluding hydrogens is 440 g/mol. The molecule has 0 saturated heterocycles. The first kappa shape index (κ1) is 23.4. The molecule has 5 aromatic carbocycles. The first-order valence-corrected chi connectivity index (χ1v) is 12.4. The fraction of sp³-hybridized carbons (Fsp3) is 0.118. The summed E-state index contributed by atoms with van der Waals surface area (Å²) in [4.78, 5) is 0. The molecule has 2 heteroatoms. The quantitative estimate of drug-likeness (QED) is 0.244. The second-order valence-corrected chi connectivity index (χ2v) is 9.27. The van der Waals surface area contributed by atoms with E-state index in [4.69, 9.17) is 0 Å². The molecule has 0 aliphatic rings. The monoisotopic (exact) mass is 470 g/mol. The number of aromatic hydroxyl groups is 2. The zero-order valence-electron chi connectivity index (χ0n) is 20.6. The summed E-state index contributed by atoms with van der Waals surface area (Å²) >= 11 is 0. The highest BCUT2D eigenvalue weighted by Gasteiger charge is 2.37. The lowest BCUT2D eigenvalue weighted by Gasteiger charge is -2.37. The molecule has 0 saturated carbocycles. The Balaban J connectivity index is 1.81. The largest absolute Gasteiger partial charge is 0.507 e. The first-order valence-electron chi connectivity index (χ1n) is 12.4. The number of phenols is 2. The van der Waals surface area contributed by atoms with Crippen LogP contribution in [0.4, 0.5) is 0 Å². The highest BCUT2D eigenvalue weighted by atomic mass is 16.3. The fourth-order valence-electron chi connectivity index (χ4n) is 5.43. The van der Waals surface area contributed by atoms with Crippen LogP contribution in [0.3, 0.4) is 0 Å². The zero-order valence-corrected chi connectivity index (χ0v) is 20.6. The lowest BCUT2D eigenvalue weighted by atomic mass is 9.66. The Morgan fingerprint density at radius 1 is 0.556 bits per heavy atom. The summed E-state index contributed by atoms with van der Waals surface area (Å²) < 4.78 is 0. The van der Waals surface area contributed by atoms with Gasteiger partial charge in [-0.2, -0.15) is 0 Å². The lowest BCUT2D eigenvalue weighted by Crippen LogP contribution is -2.29. The Labute approximate surface area is 213 Å². The van der Waals surface area contributed by atoms with Gasteiger partial charge in [0.1, 0.15) is 11.5 Å². The molecule has 0 unspecified atom stereocenters. The third kappa shape index (κ3) is 4.05. The Hall–Kier alpha value is -4.30. The van der Waals surface area contributed by atoms with Gasteiger partial charge in [0.2, 0.25) is 0 Å². The summed E-state index contributed by atoms with van der Waals surface area (Å²) in [5.41, 5.74) is 7.68. The molecule has 0 amide bonds. The van der Waals surface area contributed by atoms with Crippen molar-refractivity contribution in [2.24, 2.45) is 0 Å². The van der Waals surface area contributed by atoms with Crippen molar-refractivity contribution in [1.29, 1.82) is 0 Å². The molecule has 0 heterocycles. The molecule has 178 valence electrons. The van der Waals surface area contributed by atoms with E-state index in [2.05, 4.69) is 50.2 Å². The van der Waals surface area contributed by atoms with E-state index < -0.39 is 5.41 Å². The van der Waals surface area contributed by atoms with Gasteiger partial charge < -0.3 is 10.2 Å². The SMILES string of the molecule is CCC(c1ccc(O)c(-c2ccccc2)c1)(c1ccc(O)c(-c2ccccc2)c1)c1ccccc1C. The predicted octanol–water partition coefficient (Wildman–Crippen LogP) is 8.48. The van der Waals surface area contributed by atoms with Crippen molar-refractivity contribution in [3.63, 3.8) is 0 Å². The number of benzene rings is 5. The number of aryl methyl sites for hydroxylation is 1. The molecule has 0 radical (unpaired) electrons. The summed E-state index contributed by atoms with van der Waals surface area (Å²) in [5, 5.41) is 21.6. The molecule has 0 atom stereocenters. The van der Waals surface area contributed by atoms with Gasteiger partial charge in [-0.3, -0.25) is 0 Å². The van der Waals surface area contributed by atoms with Gasteiger partial charge in [0, 0.05) is 16.5 Å². The summed E-state index contributed by atoms with van der Waals surface area (Å²) in [6.07, 6.45) is 0.801. The minimum absolute atomic E-state index is 0.260. The maximum absolute atomic E-state index is 10.8. The predicted molar refractivity (Wildman–Crippen MR) is 148 cm³/mol. The molecular formula is C34H30O2. The van der Waals surface area contributed by atoms with E-state index in [1.165, 1.54) is 11.1 Å². The molecule has 5 rings (SSSR count). The molecule has 36 heavy (non-hydrogen) atoms. The van der Waals surface area contributed by atoms with E-state index >= 15 is 0 Å². The Morgan fingerprint density at radius 2 is 1.00 bits per heavy atom. The number of hydrogen-bond acceptors (Lipinski definition) is 2. The van der Waals surface area contributed by atoms with Gasteiger partial charge >= 0.3 is 0 Å². The Bertz CT molecular complexity index is 1400. The number of phenolic OH excluding ortho intramolecular Hbond substituents is 2. The topological polar surface area (TPSA) is 40.5 Å². The molecule has 5 aromatic rings. The average Bonchev–Trinajstić information content (AvgIpc) is 2.92. The highest BCUT2D eigenvalue weighted by molar-refractivity contribution is 5.74. The van der Waals surface area contributed by atoms with Gasteiger partial charge in [-0.05, 0) is 71.0 Å². The van der Waals surface area contributed by atoms with Crippen LogP contribution in [-0.2, 0) is 5.41 Å². The van der Waals surface area contributed by atoms with Crippen LogP contribution in [0, 0.1) is 6.92 Å². The second kappa shape index (κ2) is 9.75. The molecule has 0 aromatic heterocycles. The van der Waals surface area contributed by atoms with E-state index in [1.807, 2.05) is 72.8 Å². The van der Waals surface area contributed by atoms with Crippen LogP contribution in [0.1, 0.15) is 35.6 Å². The maximum Gasteiger partial charge on any atom is 0.123 e. The summed E-state index contributed by atoms with van der Waals surface area (Å²) in [5.74, 6) is 0.519. The van der Waals surface area contributed by atoms with Crippen LogP contribution in [0.25, 0.3) is 22.3 Å². The van der Waals surface area contributed by atoms with Gasteiger partial charge in [0.15, 0.2) is 0 Å². The van der Waals surface area contributed by atoms with Crippen molar-refractivity contribution in [2.45, 2.75) is 25.7 Å². The number of hydrogen-bond donors (Lipinski definition) is 2. The minimum atomic E-state index is -0.486. The van der Waals surface area contributed by atoms with Crippen LogP contribution >= 0.6 is 0 Å². The van der Waals surface area contributed by atoms with Crippen molar-refractivity contribution in [3.8, 4) is 33.8 Å². The first-order chi connectivity index (χ1) is 17.5. The number of rotatable bonds is 6. The van der Waals surface area contributed by atoms with Crippen molar-refractivity contribution >= 4 is 0 Å². The van der Waals surface area contributed by atoms with E-state index in [9.17, 15) is 10.2 Å². The van der Waals surface area contributed by atoms with Crippen LogP contribution in [0.5, 0.6) is 11.5 Å².